The molecule has 0 aromatic carbocycles. The van der Waals surface area contributed by atoms with Crippen LogP contribution in [-0.4, -0.2) is 66.9 Å². The zero-order chi connectivity index (χ0) is 16.2. The highest BCUT2D eigenvalue weighted by Crippen LogP contribution is 2.23. The summed E-state index contributed by atoms with van der Waals surface area (Å²) in [5.41, 5.74) is 1.00. The molecule has 1 atom stereocenters. The van der Waals surface area contributed by atoms with Crippen molar-refractivity contribution in [2.75, 3.05) is 44.9 Å². The van der Waals surface area contributed by atoms with E-state index in [2.05, 4.69) is 32.8 Å². The van der Waals surface area contributed by atoms with E-state index < -0.39 is 0 Å². The van der Waals surface area contributed by atoms with E-state index >= 15 is 0 Å². The van der Waals surface area contributed by atoms with Gasteiger partial charge in [0.25, 0.3) is 0 Å². The van der Waals surface area contributed by atoms with E-state index in [1.807, 2.05) is 6.92 Å². The molecule has 0 spiro atoms. The lowest BCUT2D eigenvalue weighted by Crippen LogP contribution is -2.56. The van der Waals surface area contributed by atoms with Crippen LogP contribution in [0.25, 0.3) is 0 Å². The van der Waals surface area contributed by atoms with Gasteiger partial charge >= 0.3 is 0 Å². The third kappa shape index (κ3) is 4.00. The molecule has 23 heavy (non-hydrogen) atoms. The van der Waals surface area contributed by atoms with Crippen LogP contribution in [0.5, 0.6) is 0 Å². The zero-order valence-corrected chi connectivity index (χ0v) is 14.5. The molecule has 0 N–H and O–H groups in total. The van der Waals surface area contributed by atoms with Gasteiger partial charge in [0, 0.05) is 63.8 Å². The number of ether oxygens (including phenoxy) is 2. The van der Waals surface area contributed by atoms with Crippen molar-refractivity contribution < 1.29 is 9.47 Å². The van der Waals surface area contributed by atoms with Crippen LogP contribution in [0.2, 0.25) is 0 Å². The molecule has 0 amide bonds. The number of piperazine rings is 1. The van der Waals surface area contributed by atoms with E-state index in [0.717, 1.165) is 63.0 Å². The van der Waals surface area contributed by atoms with Crippen LogP contribution in [0, 0.1) is 6.92 Å². The van der Waals surface area contributed by atoms with Crippen molar-refractivity contribution in [2.24, 2.45) is 0 Å². The second-order valence-corrected chi connectivity index (χ2v) is 6.60. The Bertz CT molecular complexity index is 519. The van der Waals surface area contributed by atoms with Crippen molar-refractivity contribution in [3.63, 3.8) is 0 Å². The van der Waals surface area contributed by atoms with Crippen molar-refractivity contribution in [3.8, 4) is 0 Å². The van der Waals surface area contributed by atoms with Crippen LogP contribution >= 0.6 is 0 Å². The van der Waals surface area contributed by atoms with Crippen LogP contribution < -0.4 is 4.90 Å². The lowest BCUT2D eigenvalue weighted by atomic mass is 10.0. The average Bonchev–Trinajstić information content (AvgIpc) is 2.55. The topological polar surface area (TPSA) is 50.7 Å². The first kappa shape index (κ1) is 16.6. The van der Waals surface area contributed by atoms with Gasteiger partial charge in [-0.3, -0.25) is 4.90 Å². The number of methoxy groups -OCH3 is 1. The number of rotatable bonds is 4. The molecule has 1 aromatic heterocycles. The molecule has 0 unspecified atom stereocenters. The first-order chi connectivity index (χ1) is 11.2. The zero-order valence-electron chi connectivity index (χ0n) is 14.5. The largest absolute Gasteiger partial charge is 0.381 e. The maximum Gasteiger partial charge on any atom is 0.156 e. The predicted octanol–water partition coefficient (Wildman–Crippen LogP) is 1.62. The molecule has 128 valence electrons. The number of nitrogens with zero attached hydrogens (tertiary/aromatic N) is 4. The Kier molecular flexibility index (Phi) is 5.46. The SMILES string of the molecule is COCc1nc(C)cc(N2CCN(C3CCOCC3)C[C@H]2C)n1. The molecular formula is C17H28N4O2. The highest BCUT2D eigenvalue weighted by Gasteiger charge is 2.30. The van der Waals surface area contributed by atoms with Crippen molar-refractivity contribution in [1.82, 2.24) is 14.9 Å². The van der Waals surface area contributed by atoms with Gasteiger partial charge in [0.15, 0.2) is 5.82 Å². The molecular weight excluding hydrogens is 292 g/mol. The molecule has 6 heteroatoms. The monoisotopic (exact) mass is 320 g/mol. The van der Waals surface area contributed by atoms with Crippen LogP contribution in [0.4, 0.5) is 5.82 Å². The van der Waals surface area contributed by atoms with Crippen LogP contribution in [0.3, 0.4) is 0 Å². The van der Waals surface area contributed by atoms with Crippen molar-refractivity contribution in [2.45, 2.75) is 45.4 Å². The summed E-state index contributed by atoms with van der Waals surface area (Å²) in [4.78, 5) is 14.2. The Hall–Kier alpha value is -1.24. The summed E-state index contributed by atoms with van der Waals surface area (Å²) in [6.45, 7) is 9.79. The second-order valence-electron chi connectivity index (χ2n) is 6.60. The fourth-order valence-electron chi connectivity index (χ4n) is 3.66. The number of hydrogen-bond acceptors (Lipinski definition) is 6. The van der Waals surface area contributed by atoms with Gasteiger partial charge in [-0.2, -0.15) is 0 Å². The molecule has 2 saturated heterocycles. The lowest BCUT2D eigenvalue weighted by molar-refractivity contribution is 0.0279. The molecule has 1 aromatic rings. The van der Waals surface area contributed by atoms with Gasteiger partial charge in [-0.05, 0) is 26.7 Å². The van der Waals surface area contributed by atoms with E-state index in [1.165, 1.54) is 0 Å². The molecule has 2 fully saturated rings. The normalized spacial score (nSPS) is 24.1. The Morgan fingerprint density at radius 2 is 2.04 bits per heavy atom. The molecule has 2 aliphatic heterocycles. The molecule has 0 bridgehead atoms. The Morgan fingerprint density at radius 3 is 2.74 bits per heavy atom. The smallest absolute Gasteiger partial charge is 0.156 e. The minimum Gasteiger partial charge on any atom is -0.381 e. The Balaban J connectivity index is 1.68. The van der Waals surface area contributed by atoms with Gasteiger partial charge in [0.1, 0.15) is 12.4 Å². The second kappa shape index (κ2) is 7.55. The summed E-state index contributed by atoms with van der Waals surface area (Å²) in [5.74, 6) is 1.80. The quantitative estimate of drug-likeness (QED) is 0.840. The molecule has 0 saturated carbocycles. The number of anilines is 1. The fraction of sp³-hybridized carbons (Fsp3) is 0.765. The number of hydrogen-bond donors (Lipinski definition) is 0. The Morgan fingerprint density at radius 1 is 1.26 bits per heavy atom. The summed E-state index contributed by atoms with van der Waals surface area (Å²) in [7, 11) is 1.68. The Labute approximate surface area is 138 Å². The summed E-state index contributed by atoms with van der Waals surface area (Å²) in [5, 5.41) is 0. The van der Waals surface area contributed by atoms with Gasteiger partial charge in [0.2, 0.25) is 0 Å². The summed E-state index contributed by atoms with van der Waals surface area (Å²) in [6.07, 6.45) is 2.33. The molecule has 3 rings (SSSR count). The average molecular weight is 320 g/mol. The van der Waals surface area contributed by atoms with Crippen molar-refractivity contribution in [1.29, 1.82) is 0 Å². The number of aromatic nitrogens is 2. The van der Waals surface area contributed by atoms with Gasteiger partial charge in [-0.1, -0.05) is 0 Å². The van der Waals surface area contributed by atoms with E-state index in [1.54, 1.807) is 7.11 Å². The minimum atomic E-state index is 0.455. The summed E-state index contributed by atoms with van der Waals surface area (Å²) in [6, 6.07) is 3.22. The maximum atomic E-state index is 5.49. The van der Waals surface area contributed by atoms with Crippen molar-refractivity contribution in [3.05, 3.63) is 17.6 Å². The minimum absolute atomic E-state index is 0.455. The highest BCUT2D eigenvalue weighted by molar-refractivity contribution is 5.41. The fourth-order valence-corrected chi connectivity index (χ4v) is 3.66. The predicted molar refractivity (Wildman–Crippen MR) is 89.7 cm³/mol. The van der Waals surface area contributed by atoms with Crippen LogP contribution in [0.1, 0.15) is 31.3 Å². The summed E-state index contributed by atoms with van der Waals surface area (Å²) < 4.78 is 10.7. The van der Waals surface area contributed by atoms with Gasteiger partial charge < -0.3 is 14.4 Å². The highest BCUT2D eigenvalue weighted by atomic mass is 16.5. The maximum absolute atomic E-state index is 5.49. The van der Waals surface area contributed by atoms with E-state index in [4.69, 9.17) is 9.47 Å². The first-order valence-electron chi connectivity index (χ1n) is 8.59. The van der Waals surface area contributed by atoms with Gasteiger partial charge in [-0.15, -0.1) is 0 Å². The lowest BCUT2D eigenvalue weighted by Gasteiger charge is -2.44. The molecule has 2 aliphatic rings. The van der Waals surface area contributed by atoms with Crippen LogP contribution in [-0.2, 0) is 16.1 Å². The first-order valence-corrected chi connectivity index (χ1v) is 8.59. The third-order valence-electron chi connectivity index (χ3n) is 4.82. The summed E-state index contributed by atoms with van der Waals surface area (Å²) >= 11 is 0. The molecule has 0 radical (unpaired) electrons. The van der Waals surface area contributed by atoms with E-state index in [0.29, 0.717) is 18.7 Å². The third-order valence-corrected chi connectivity index (χ3v) is 4.82. The number of aryl methyl sites for hydroxylation is 1. The van der Waals surface area contributed by atoms with Gasteiger partial charge in [-0.25, -0.2) is 9.97 Å². The molecule has 0 aliphatic carbocycles. The van der Waals surface area contributed by atoms with Crippen molar-refractivity contribution >= 4 is 5.82 Å². The van der Waals surface area contributed by atoms with E-state index in [-0.39, 0.29) is 0 Å². The molecule has 3 heterocycles. The van der Waals surface area contributed by atoms with Crippen LogP contribution in [0.15, 0.2) is 6.07 Å². The van der Waals surface area contributed by atoms with E-state index in [9.17, 15) is 0 Å². The molecule has 6 nitrogen and oxygen atoms in total. The van der Waals surface area contributed by atoms with Gasteiger partial charge in [0.05, 0.1) is 0 Å². The standard InChI is InChI=1S/C17H28N4O2/c1-13-10-17(19-16(18-13)12-22-3)21-7-6-20(11-14(21)2)15-4-8-23-9-5-15/h10,14-15H,4-9,11-12H2,1-3H3/t14-/m1/s1.